The van der Waals surface area contributed by atoms with Gasteiger partial charge in [0.15, 0.2) is 17.5 Å². The number of phenolic OH excluding ortho intramolecular Hbond substituents is 1. The van der Waals surface area contributed by atoms with Crippen molar-refractivity contribution in [1.82, 2.24) is 15.0 Å². The summed E-state index contributed by atoms with van der Waals surface area (Å²) in [5.41, 5.74) is 16.0. The number of aromatic nitrogens is 3. The number of carbonyl (C=O) groups excluding carboxylic acids is 1. The number of phenols is 1. The molecule has 0 spiro atoms. The fraction of sp³-hybridized carbons (Fsp3) is 0.172. The second kappa shape index (κ2) is 12.1. The molecule has 0 aliphatic rings. The molecule has 0 aliphatic carbocycles. The number of carbonyl (C=O) groups is 1. The Morgan fingerprint density at radius 3 is 1.84 bits per heavy atom. The van der Waals surface area contributed by atoms with Crippen molar-refractivity contribution < 1.29 is 19.4 Å². The number of hydrogen-bond acceptors (Lipinski definition) is 9. The fourth-order valence-corrected chi connectivity index (χ4v) is 3.78. The molecule has 4 aromatic rings. The summed E-state index contributed by atoms with van der Waals surface area (Å²) in [6.45, 7) is 5.89. The highest BCUT2D eigenvalue weighted by Gasteiger charge is 2.18. The molecule has 1 heterocycles. The van der Waals surface area contributed by atoms with Gasteiger partial charge in [-0.3, -0.25) is 0 Å². The van der Waals surface area contributed by atoms with Crippen molar-refractivity contribution in [3.8, 4) is 45.7 Å². The second-order valence-corrected chi connectivity index (χ2v) is 8.47. The molecular formula is C29H29N5O4. The van der Waals surface area contributed by atoms with E-state index in [4.69, 9.17) is 25.9 Å². The van der Waals surface area contributed by atoms with E-state index in [1.54, 1.807) is 19.1 Å². The minimum absolute atomic E-state index is 0.0511. The number of aromatic hydroxyl groups is 1. The highest BCUT2D eigenvalue weighted by Crippen LogP contribution is 2.33. The van der Waals surface area contributed by atoms with Crippen LogP contribution in [0.25, 0.3) is 34.2 Å². The molecule has 0 saturated heterocycles. The summed E-state index contributed by atoms with van der Waals surface area (Å²) in [5, 5.41) is 10.9. The van der Waals surface area contributed by atoms with Crippen LogP contribution in [0, 0.1) is 0 Å². The van der Waals surface area contributed by atoms with Crippen LogP contribution in [0.3, 0.4) is 0 Å². The topological polar surface area (TPSA) is 146 Å². The molecule has 9 heteroatoms. The van der Waals surface area contributed by atoms with Crippen molar-refractivity contribution in [3.05, 3.63) is 90.0 Å². The molecule has 0 unspecified atom stereocenters. The molecule has 3 aromatic carbocycles. The molecule has 38 heavy (non-hydrogen) atoms. The lowest BCUT2D eigenvalue weighted by Crippen LogP contribution is -2.12. The summed E-state index contributed by atoms with van der Waals surface area (Å²) in [6, 6.07) is 20.0. The van der Waals surface area contributed by atoms with Crippen molar-refractivity contribution in [2.45, 2.75) is 20.0 Å². The van der Waals surface area contributed by atoms with E-state index >= 15 is 0 Å². The molecular weight excluding hydrogens is 482 g/mol. The molecule has 0 fully saturated rings. The van der Waals surface area contributed by atoms with Crippen LogP contribution in [0.4, 0.5) is 0 Å². The van der Waals surface area contributed by atoms with Gasteiger partial charge < -0.3 is 26.0 Å². The zero-order chi connectivity index (χ0) is 27.1. The van der Waals surface area contributed by atoms with E-state index in [9.17, 15) is 9.90 Å². The quantitative estimate of drug-likeness (QED) is 0.163. The van der Waals surface area contributed by atoms with Crippen LogP contribution in [0.2, 0.25) is 0 Å². The molecule has 1 aromatic heterocycles. The monoisotopic (exact) mass is 511 g/mol. The summed E-state index contributed by atoms with van der Waals surface area (Å²) >= 11 is 0. The highest BCUT2D eigenvalue weighted by atomic mass is 16.6. The number of ether oxygens (including phenoxy) is 2. The summed E-state index contributed by atoms with van der Waals surface area (Å²) in [6.07, 6.45) is 0. The third-order valence-corrected chi connectivity index (χ3v) is 5.74. The summed E-state index contributed by atoms with van der Waals surface area (Å²) in [7, 11) is 0. The first-order chi connectivity index (χ1) is 18.4. The molecule has 9 nitrogen and oxygen atoms in total. The summed E-state index contributed by atoms with van der Waals surface area (Å²) in [5.74, 6) is 0.968. The van der Waals surface area contributed by atoms with Gasteiger partial charge in [-0.25, -0.2) is 19.7 Å². The number of esters is 1. The smallest absolute Gasteiger partial charge is 0.333 e. The van der Waals surface area contributed by atoms with Crippen LogP contribution >= 0.6 is 0 Å². The first kappa shape index (κ1) is 26.5. The zero-order valence-electron chi connectivity index (χ0n) is 21.1. The molecule has 194 valence electrons. The van der Waals surface area contributed by atoms with Crippen molar-refractivity contribution in [3.63, 3.8) is 0 Å². The van der Waals surface area contributed by atoms with Crippen molar-refractivity contribution in [1.29, 1.82) is 0 Å². The number of rotatable bonds is 10. The van der Waals surface area contributed by atoms with E-state index in [0.717, 1.165) is 22.3 Å². The average molecular weight is 512 g/mol. The standard InChI is InChI=1S/C29H29N5O4/c1-18(2)29(36)38-14-13-37-21-11-12-24(25(35)15-21)28-33-26(22-9-5-3-7-19(22)16-30)32-27(34-28)23-10-6-4-8-20(23)17-31/h3-12,15,35H,1,13-14,16-17,30-31H2,2H3. The summed E-state index contributed by atoms with van der Waals surface area (Å²) in [4.78, 5) is 25.6. The normalized spacial score (nSPS) is 10.7. The maximum Gasteiger partial charge on any atom is 0.333 e. The maximum atomic E-state index is 11.5. The van der Waals surface area contributed by atoms with Crippen LogP contribution < -0.4 is 16.2 Å². The van der Waals surface area contributed by atoms with Gasteiger partial charge in [-0.15, -0.1) is 0 Å². The van der Waals surface area contributed by atoms with Crippen LogP contribution in [0.1, 0.15) is 18.1 Å². The Bertz CT molecular complexity index is 1410. The molecule has 5 N–H and O–H groups in total. The largest absolute Gasteiger partial charge is 0.507 e. The van der Waals surface area contributed by atoms with Gasteiger partial charge in [0.2, 0.25) is 0 Å². The van der Waals surface area contributed by atoms with Gasteiger partial charge in [0.25, 0.3) is 0 Å². The number of nitrogens with zero attached hydrogens (tertiary/aromatic N) is 3. The third-order valence-electron chi connectivity index (χ3n) is 5.74. The Hall–Kier alpha value is -4.60. The predicted octanol–water partition coefficient (Wildman–Crippen LogP) is 3.99. The highest BCUT2D eigenvalue weighted by molar-refractivity contribution is 5.86. The van der Waals surface area contributed by atoms with Gasteiger partial charge in [0, 0.05) is 35.9 Å². The maximum absolute atomic E-state index is 11.5. The van der Waals surface area contributed by atoms with Gasteiger partial charge in [-0.2, -0.15) is 0 Å². The molecule has 0 aliphatic heterocycles. The van der Waals surface area contributed by atoms with E-state index in [2.05, 4.69) is 16.5 Å². The molecule has 0 bridgehead atoms. The first-order valence-electron chi connectivity index (χ1n) is 12.0. The van der Waals surface area contributed by atoms with Crippen molar-refractivity contribution in [2.24, 2.45) is 11.5 Å². The Labute approximate surface area is 220 Å². The molecule has 0 amide bonds. The van der Waals surface area contributed by atoms with Gasteiger partial charge in [0.1, 0.15) is 24.7 Å². The number of nitrogens with two attached hydrogens (primary N) is 2. The Morgan fingerprint density at radius 2 is 1.34 bits per heavy atom. The zero-order valence-corrected chi connectivity index (χ0v) is 21.1. The first-order valence-corrected chi connectivity index (χ1v) is 12.0. The molecule has 0 saturated carbocycles. The lowest BCUT2D eigenvalue weighted by Gasteiger charge is -2.13. The number of hydrogen-bond donors (Lipinski definition) is 3. The molecule has 4 rings (SSSR count). The summed E-state index contributed by atoms with van der Waals surface area (Å²) < 4.78 is 10.6. The van der Waals surface area contributed by atoms with Crippen LogP contribution in [-0.2, 0) is 22.6 Å². The third kappa shape index (κ3) is 6.03. The number of benzene rings is 3. The van der Waals surface area contributed by atoms with E-state index < -0.39 is 5.97 Å². The minimum Gasteiger partial charge on any atom is -0.507 e. The van der Waals surface area contributed by atoms with E-state index in [1.165, 1.54) is 6.07 Å². The van der Waals surface area contributed by atoms with E-state index in [0.29, 0.717) is 41.6 Å². The molecule has 0 atom stereocenters. The average Bonchev–Trinajstić information content (AvgIpc) is 2.94. The fourth-order valence-electron chi connectivity index (χ4n) is 3.78. The SMILES string of the molecule is C=C(C)C(=O)OCCOc1ccc(-c2nc(-c3ccccc3CN)nc(-c3ccccc3CN)n2)c(O)c1. The lowest BCUT2D eigenvalue weighted by molar-refractivity contribution is -0.139. The lowest BCUT2D eigenvalue weighted by atomic mass is 10.0. The van der Waals surface area contributed by atoms with E-state index in [1.807, 2.05) is 48.5 Å². The predicted molar refractivity (Wildman–Crippen MR) is 145 cm³/mol. The van der Waals surface area contributed by atoms with Gasteiger partial charge in [-0.05, 0) is 30.2 Å². The Balaban J connectivity index is 1.71. The van der Waals surface area contributed by atoms with Crippen LogP contribution in [0.15, 0.2) is 78.9 Å². The molecule has 0 radical (unpaired) electrons. The Kier molecular flexibility index (Phi) is 8.42. The van der Waals surface area contributed by atoms with Gasteiger partial charge >= 0.3 is 5.97 Å². The van der Waals surface area contributed by atoms with Gasteiger partial charge in [0.05, 0.1) is 5.56 Å². The second-order valence-electron chi connectivity index (χ2n) is 8.47. The minimum atomic E-state index is -0.486. The van der Waals surface area contributed by atoms with Crippen LogP contribution in [0.5, 0.6) is 11.5 Å². The van der Waals surface area contributed by atoms with Crippen molar-refractivity contribution in [2.75, 3.05) is 13.2 Å². The van der Waals surface area contributed by atoms with Crippen molar-refractivity contribution >= 4 is 5.97 Å². The van der Waals surface area contributed by atoms with Crippen LogP contribution in [-0.4, -0.2) is 39.2 Å². The van der Waals surface area contributed by atoms with E-state index in [-0.39, 0.29) is 24.8 Å². The van der Waals surface area contributed by atoms with Gasteiger partial charge in [-0.1, -0.05) is 55.1 Å². The Morgan fingerprint density at radius 1 is 0.816 bits per heavy atom.